The molecular weight excluding hydrogens is 397 g/mol. The second-order valence-electron chi connectivity index (χ2n) is 7.28. The van der Waals surface area contributed by atoms with Crippen LogP contribution < -0.4 is 10.6 Å². The molecule has 10 nitrogen and oxygen atoms in total. The molecule has 30 heavy (non-hydrogen) atoms. The Morgan fingerprint density at radius 1 is 1.37 bits per heavy atom. The summed E-state index contributed by atoms with van der Waals surface area (Å²) in [6.45, 7) is 0.298. The zero-order chi connectivity index (χ0) is 21.5. The Morgan fingerprint density at radius 2 is 2.20 bits per heavy atom. The normalized spacial score (nSPS) is 18.5. The minimum atomic E-state index is -1.20. The molecule has 3 amide bonds. The van der Waals surface area contributed by atoms with Gasteiger partial charge in [0.05, 0.1) is 6.61 Å². The van der Waals surface area contributed by atoms with Crippen LogP contribution in [0.15, 0.2) is 12.1 Å². The minimum absolute atomic E-state index is 0.0455. The van der Waals surface area contributed by atoms with E-state index in [1.54, 1.807) is 0 Å². The molecule has 1 aromatic rings. The zero-order valence-corrected chi connectivity index (χ0v) is 16.6. The number of carbonyl (C=O) groups excluding carboxylic acids is 3. The van der Waals surface area contributed by atoms with Crippen LogP contribution in [0.4, 0.5) is 15.1 Å². The Labute approximate surface area is 173 Å². The summed E-state index contributed by atoms with van der Waals surface area (Å²) < 4.78 is 11.9. The van der Waals surface area contributed by atoms with Crippen molar-refractivity contribution < 1.29 is 29.0 Å². The number of rotatable bonds is 7. The molecule has 0 spiro atoms. The number of hydrogen-bond acceptors (Lipinski definition) is 7. The average molecular weight is 423 g/mol. The first-order chi connectivity index (χ1) is 14.5. The first-order valence-corrected chi connectivity index (χ1v) is 10.0. The molecule has 0 bridgehead atoms. The van der Waals surface area contributed by atoms with Gasteiger partial charge < -0.3 is 25.5 Å². The van der Waals surface area contributed by atoms with Gasteiger partial charge >= 0.3 is 12.0 Å². The van der Waals surface area contributed by atoms with Crippen LogP contribution in [-0.4, -0.2) is 83.2 Å². The summed E-state index contributed by atoms with van der Waals surface area (Å²) in [5.74, 6) is -0.902. The third-order valence-electron chi connectivity index (χ3n) is 5.26. The number of nitrogens with zero attached hydrogens (tertiary/aromatic N) is 3. The number of aliphatic hydroxyl groups excluding tert-OH is 1. The fraction of sp³-hybridized carbons (Fsp3) is 0.579. The summed E-state index contributed by atoms with van der Waals surface area (Å²) in [7, 11) is 0. The Kier molecular flexibility index (Phi) is 7.39. The number of carbonyl (C=O) groups is 3. The van der Waals surface area contributed by atoms with Gasteiger partial charge in [-0.05, 0) is 37.3 Å². The van der Waals surface area contributed by atoms with Gasteiger partial charge in [0, 0.05) is 36.4 Å². The van der Waals surface area contributed by atoms with Crippen molar-refractivity contribution in [2.24, 2.45) is 0 Å². The van der Waals surface area contributed by atoms with E-state index in [9.17, 15) is 24.0 Å². The monoisotopic (exact) mass is 423 g/mol. The fourth-order valence-electron chi connectivity index (χ4n) is 3.67. The highest BCUT2D eigenvalue weighted by Gasteiger charge is 2.37. The molecule has 164 valence electrons. The Hall–Kier alpha value is -2.95. The van der Waals surface area contributed by atoms with Crippen LogP contribution >= 0.6 is 0 Å². The van der Waals surface area contributed by atoms with E-state index in [1.165, 1.54) is 10.5 Å². The van der Waals surface area contributed by atoms with Gasteiger partial charge in [0.15, 0.2) is 0 Å². The molecule has 0 aromatic carbocycles. The predicted molar refractivity (Wildman–Crippen MR) is 104 cm³/mol. The molecule has 1 fully saturated rings. The maximum atomic E-state index is 12.5. The molecule has 1 atom stereocenters. The Morgan fingerprint density at radius 3 is 2.97 bits per heavy atom. The third kappa shape index (κ3) is 5.15. The van der Waals surface area contributed by atoms with Crippen molar-refractivity contribution in [1.82, 2.24) is 20.1 Å². The lowest BCUT2D eigenvalue weighted by atomic mass is 10.1. The zero-order valence-electron chi connectivity index (χ0n) is 16.6. The number of pyridine rings is 1. The van der Waals surface area contributed by atoms with Crippen molar-refractivity contribution >= 4 is 23.7 Å². The lowest BCUT2D eigenvalue weighted by molar-refractivity contribution is -0.186. The maximum Gasteiger partial charge on any atom is 0.367 e. The van der Waals surface area contributed by atoms with Gasteiger partial charge in [0.25, 0.3) is 0 Å². The quantitative estimate of drug-likeness (QED) is 0.528. The van der Waals surface area contributed by atoms with Crippen molar-refractivity contribution in [3.05, 3.63) is 23.4 Å². The molecule has 3 N–H and O–H groups in total. The predicted octanol–water partition coefficient (Wildman–Crippen LogP) is 0.0147. The van der Waals surface area contributed by atoms with E-state index >= 15 is 0 Å². The summed E-state index contributed by atoms with van der Waals surface area (Å²) >= 11 is 0. The molecule has 0 unspecified atom stereocenters. The van der Waals surface area contributed by atoms with Gasteiger partial charge in [-0.3, -0.25) is 9.74 Å². The molecule has 2 aliphatic heterocycles. The number of amides is 3. The van der Waals surface area contributed by atoms with Crippen LogP contribution in [0.3, 0.4) is 0 Å². The van der Waals surface area contributed by atoms with Gasteiger partial charge in [0.2, 0.25) is 5.91 Å². The van der Waals surface area contributed by atoms with Gasteiger partial charge in [-0.1, -0.05) is 6.07 Å². The highest BCUT2D eigenvalue weighted by atomic mass is 19.3. The number of aromatic nitrogens is 1. The van der Waals surface area contributed by atoms with Gasteiger partial charge in [-0.25, -0.2) is 14.6 Å². The van der Waals surface area contributed by atoms with Crippen molar-refractivity contribution in [3.63, 3.8) is 0 Å². The summed E-state index contributed by atoms with van der Waals surface area (Å²) in [5, 5.41) is 15.6. The van der Waals surface area contributed by atoms with E-state index in [1.807, 2.05) is 6.07 Å². The molecular formula is C19H26FN5O5. The second-order valence-corrected chi connectivity index (χ2v) is 7.28. The topological polar surface area (TPSA) is 124 Å². The molecule has 1 aromatic heterocycles. The number of hydrogen-bond donors (Lipinski definition) is 3. The highest BCUT2D eigenvalue weighted by Crippen LogP contribution is 2.20. The minimum Gasteiger partial charge on any atom is -0.394 e. The van der Waals surface area contributed by atoms with E-state index < -0.39 is 37.1 Å². The Balaban J connectivity index is 1.46. The lowest BCUT2D eigenvalue weighted by Gasteiger charge is -2.39. The molecule has 0 saturated carbocycles. The van der Waals surface area contributed by atoms with Crippen molar-refractivity contribution in [3.8, 4) is 0 Å². The number of halogens is 1. The number of nitrogens with one attached hydrogen (secondary N) is 2. The first kappa shape index (κ1) is 21.8. The van der Waals surface area contributed by atoms with E-state index in [0.29, 0.717) is 19.4 Å². The summed E-state index contributed by atoms with van der Waals surface area (Å²) in [5.41, 5.74) is 2.16. The number of anilines is 1. The molecule has 0 radical (unpaired) electrons. The second kappa shape index (κ2) is 10.2. The molecule has 0 aliphatic carbocycles. The highest BCUT2D eigenvalue weighted by molar-refractivity contribution is 5.90. The number of aliphatic hydroxyl groups is 1. The maximum absolute atomic E-state index is 12.5. The molecule has 1 saturated heterocycles. The van der Waals surface area contributed by atoms with Crippen LogP contribution in [0.1, 0.15) is 24.1 Å². The van der Waals surface area contributed by atoms with Crippen LogP contribution in [0.5, 0.6) is 0 Å². The van der Waals surface area contributed by atoms with Crippen LogP contribution in [0.2, 0.25) is 0 Å². The average Bonchev–Trinajstić information content (AvgIpc) is 2.77. The van der Waals surface area contributed by atoms with Crippen molar-refractivity contribution in [2.75, 3.05) is 44.6 Å². The number of fused-ring (bicyclic) bond motifs is 1. The first-order valence-electron chi connectivity index (χ1n) is 10.0. The summed E-state index contributed by atoms with van der Waals surface area (Å²) in [4.78, 5) is 45.8. The number of urea groups is 1. The van der Waals surface area contributed by atoms with Crippen LogP contribution in [0.25, 0.3) is 0 Å². The van der Waals surface area contributed by atoms with Crippen molar-refractivity contribution in [1.29, 1.82) is 0 Å². The Bertz CT molecular complexity index is 793. The largest absolute Gasteiger partial charge is 0.394 e. The van der Waals surface area contributed by atoms with Crippen LogP contribution in [-0.2, 0) is 27.4 Å². The van der Waals surface area contributed by atoms with Crippen molar-refractivity contribution in [2.45, 2.75) is 31.7 Å². The molecule has 11 heteroatoms. The van der Waals surface area contributed by atoms with Crippen LogP contribution in [0, 0.1) is 0 Å². The summed E-state index contributed by atoms with van der Waals surface area (Å²) in [6.07, 6.45) is 3.48. The number of aryl methyl sites for hydroxylation is 2. The van der Waals surface area contributed by atoms with E-state index in [2.05, 4.69) is 26.6 Å². The van der Waals surface area contributed by atoms with Gasteiger partial charge in [0.1, 0.15) is 18.4 Å². The lowest BCUT2D eigenvalue weighted by Crippen LogP contribution is -2.62. The molecule has 3 rings (SSSR count). The summed E-state index contributed by atoms with van der Waals surface area (Å²) in [6, 6.07) is 2.48. The molecule has 2 aliphatic rings. The third-order valence-corrected chi connectivity index (χ3v) is 5.26. The van der Waals surface area contributed by atoms with Gasteiger partial charge in [-0.2, -0.15) is 0 Å². The number of piperazine rings is 1. The SMILES string of the molecule is O=C(CN1CCN(C(=O)NCCCc2ccc3c(n2)NCCC3)[C@H](CO)C1=O)OF. The fourth-order valence-corrected chi connectivity index (χ4v) is 3.67. The van der Waals surface area contributed by atoms with E-state index in [0.717, 1.165) is 35.8 Å². The van der Waals surface area contributed by atoms with E-state index in [4.69, 9.17) is 0 Å². The standard InChI is InChI=1S/C19H26FN5O5/c20-30-16(27)11-24-9-10-25(15(12-26)18(24)28)19(29)22-8-2-4-14-6-5-13-3-1-7-21-17(13)23-14/h5-6,15,26H,1-4,7-12H2,(H,21,23)(H,22,29)/t15-/m1/s1. The van der Waals surface area contributed by atoms with Gasteiger partial charge in [-0.15, -0.1) is 0 Å². The smallest absolute Gasteiger partial charge is 0.367 e. The van der Waals surface area contributed by atoms with E-state index in [-0.39, 0.29) is 13.1 Å². The molecule has 3 heterocycles.